The summed E-state index contributed by atoms with van der Waals surface area (Å²) in [6.07, 6.45) is 3.09. The number of rotatable bonds is 11. The van der Waals surface area contributed by atoms with E-state index < -0.39 is 36.5 Å². The summed E-state index contributed by atoms with van der Waals surface area (Å²) < 4.78 is 14.7. The van der Waals surface area contributed by atoms with Gasteiger partial charge in [-0.25, -0.2) is 9.59 Å². The van der Waals surface area contributed by atoms with E-state index in [-0.39, 0.29) is 30.1 Å². The third-order valence-corrected chi connectivity index (χ3v) is 6.77. The van der Waals surface area contributed by atoms with Crippen molar-refractivity contribution in [1.29, 1.82) is 0 Å². The number of hydrogen-bond acceptors (Lipinski definition) is 10. The van der Waals surface area contributed by atoms with E-state index in [1.54, 1.807) is 6.07 Å². The van der Waals surface area contributed by atoms with Crippen LogP contribution in [0.25, 0.3) is 22.5 Å². The topological polar surface area (TPSA) is 173 Å². The van der Waals surface area contributed by atoms with Crippen LogP contribution in [0.15, 0.2) is 86.8 Å². The van der Waals surface area contributed by atoms with Crippen molar-refractivity contribution in [3.63, 3.8) is 0 Å². The van der Waals surface area contributed by atoms with Crippen molar-refractivity contribution < 1.29 is 28.3 Å². The number of benzene rings is 2. The summed E-state index contributed by atoms with van der Waals surface area (Å²) in [5, 5.41) is 21.0. The number of ether oxygens (including phenoxy) is 1. The van der Waals surface area contributed by atoms with Crippen molar-refractivity contribution in [2.24, 2.45) is 0 Å². The van der Waals surface area contributed by atoms with Crippen molar-refractivity contribution in [3.05, 3.63) is 112 Å². The van der Waals surface area contributed by atoms with Gasteiger partial charge in [0.2, 0.25) is 0 Å². The predicted molar refractivity (Wildman–Crippen MR) is 154 cm³/mol. The minimum atomic E-state index is -1.59. The van der Waals surface area contributed by atoms with Crippen LogP contribution >= 0.6 is 11.6 Å². The summed E-state index contributed by atoms with van der Waals surface area (Å²) in [5.41, 5.74) is 3.81. The largest absolute Gasteiger partial charge is 0.519 e. The van der Waals surface area contributed by atoms with E-state index in [0.29, 0.717) is 16.4 Å². The molecule has 0 spiro atoms. The van der Waals surface area contributed by atoms with E-state index in [0.717, 1.165) is 16.7 Å². The second kappa shape index (κ2) is 13.3. The van der Waals surface area contributed by atoms with Gasteiger partial charge in [0.15, 0.2) is 24.2 Å². The van der Waals surface area contributed by atoms with Crippen LogP contribution < -0.4 is 11.1 Å². The molecule has 13 heteroatoms. The summed E-state index contributed by atoms with van der Waals surface area (Å²) >= 11 is 6.13. The van der Waals surface area contributed by atoms with E-state index >= 15 is 0 Å². The third-order valence-electron chi connectivity index (χ3n) is 6.54. The number of nitrogens with one attached hydrogen (secondary N) is 2. The highest BCUT2D eigenvalue weighted by atomic mass is 35.5. The molecule has 0 saturated carbocycles. The average Bonchev–Trinajstić information content (AvgIpc) is 3.63. The molecule has 12 nitrogen and oxygen atoms in total. The van der Waals surface area contributed by atoms with Gasteiger partial charge in [-0.15, -0.1) is 0 Å². The van der Waals surface area contributed by atoms with E-state index in [1.807, 2.05) is 42.5 Å². The first-order valence-corrected chi connectivity index (χ1v) is 13.5. The number of carbonyl (C=O) groups excluding carboxylic acids is 2. The van der Waals surface area contributed by atoms with E-state index in [4.69, 9.17) is 25.2 Å². The lowest BCUT2D eigenvalue weighted by Crippen LogP contribution is -2.41. The number of aromatic nitrogens is 4. The number of esters is 1. The number of halogens is 1. The van der Waals surface area contributed by atoms with Gasteiger partial charge in [0.25, 0.3) is 5.91 Å². The highest BCUT2D eigenvalue weighted by Crippen LogP contribution is 2.24. The first-order chi connectivity index (χ1) is 20.7. The second-order valence-electron chi connectivity index (χ2n) is 9.63. The summed E-state index contributed by atoms with van der Waals surface area (Å²) in [5.74, 6) is -2.17. The van der Waals surface area contributed by atoms with Gasteiger partial charge < -0.3 is 24.0 Å². The molecule has 0 aliphatic rings. The van der Waals surface area contributed by atoms with Crippen LogP contribution in [0.1, 0.15) is 34.0 Å². The Morgan fingerprint density at radius 3 is 2.58 bits per heavy atom. The molecule has 0 aliphatic carbocycles. The third kappa shape index (κ3) is 7.61. The Hall–Kier alpha value is -5.07. The zero-order valence-corrected chi connectivity index (χ0v) is 23.6. The highest BCUT2D eigenvalue weighted by molar-refractivity contribution is 6.30. The summed E-state index contributed by atoms with van der Waals surface area (Å²) in [6, 6.07) is 15.9. The van der Waals surface area contributed by atoms with Gasteiger partial charge in [-0.1, -0.05) is 48.0 Å². The van der Waals surface area contributed by atoms with Gasteiger partial charge in [0.1, 0.15) is 17.1 Å². The number of aliphatic hydroxyl groups excluding tert-OH is 1. The lowest BCUT2D eigenvalue weighted by molar-refractivity contribution is -0.156. The Morgan fingerprint density at radius 2 is 1.88 bits per heavy atom. The van der Waals surface area contributed by atoms with Gasteiger partial charge in [-0.05, 0) is 48.2 Å². The van der Waals surface area contributed by atoms with Crippen LogP contribution in [-0.2, 0) is 22.6 Å². The Morgan fingerprint density at radius 1 is 1.07 bits per heavy atom. The summed E-state index contributed by atoms with van der Waals surface area (Å²) in [4.78, 5) is 45.2. The summed E-state index contributed by atoms with van der Waals surface area (Å²) in [7, 11) is 0. The molecule has 220 valence electrons. The second-order valence-corrected chi connectivity index (χ2v) is 10.1. The summed E-state index contributed by atoms with van der Waals surface area (Å²) in [6.45, 7) is 1.09. The number of hydrogen-bond donors (Lipinski definition) is 3. The molecule has 5 rings (SSSR count). The van der Waals surface area contributed by atoms with E-state index in [9.17, 15) is 19.5 Å². The minimum Gasteiger partial charge on any atom is -0.455 e. The predicted octanol–water partition coefficient (Wildman–Crippen LogP) is 3.88. The Kier molecular flexibility index (Phi) is 9.08. The van der Waals surface area contributed by atoms with Gasteiger partial charge in [0, 0.05) is 29.9 Å². The van der Waals surface area contributed by atoms with Gasteiger partial charge in [-0.3, -0.25) is 19.9 Å². The van der Waals surface area contributed by atoms with Crippen molar-refractivity contribution in [2.45, 2.75) is 38.5 Å². The molecule has 0 fully saturated rings. The maximum absolute atomic E-state index is 13.2. The van der Waals surface area contributed by atoms with Crippen LogP contribution in [0, 0.1) is 6.92 Å². The molecule has 3 aromatic heterocycles. The number of amides is 1. The van der Waals surface area contributed by atoms with Gasteiger partial charge in [0.05, 0.1) is 6.20 Å². The molecule has 0 radical (unpaired) electrons. The number of aliphatic hydroxyl groups is 1. The Labute approximate surface area is 249 Å². The number of nitrogens with zero attached hydrogens (tertiary/aromatic N) is 3. The molecule has 5 aromatic rings. The smallest absolute Gasteiger partial charge is 0.455 e. The zero-order valence-electron chi connectivity index (χ0n) is 22.8. The fourth-order valence-electron chi connectivity index (χ4n) is 4.35. The molecule has 3 heterocycles. The van der Waals surface area contributed by atoms with Crippen LogP contribution in [-0.4, -0.2) is 49.3 Å². The number of aromatic amines is 1. The Bertz CT molecular complexity index is 1770. The fourth-order valence-corrected chi connectivity index (χ4v) is 4.54. The van der Waals surface area contributed by atoms with Gasteiger partial charge in [-0.2, -0.15) is 5.10 Å². The number of carbonyl (C=O) groups is 2. The monoisotopic (exact) mass is 603 g/mol. The maximum Gasteiger partial charge on any atom is 0.519 e. The fraction of sp³-hybridized carbons (Fsp3) is 0.200. The van der Waals surface area contributed by atoms with Crippen LogP contribution in [0.3, 0.4) is 0 Å². The minimum absolute atomic E-state index is 0.0355. The molecule has 43 heavy (non-hydrogen) atoms. The van der Waals surface area contributed by atoms with Gasteiger partial charge >= 0.3 is 11.8 Å². The molecule has 2 atom stereocenters. The van der Waals surface area contributed by atoms with Crippen molar-refractivity contribution in [3.8, 4) is 22.5 Å². The average molecular weight is 604 g/mol. The zero-order chi connectivity index (χ0) is 30.3. The molecule has 0 bridgehead atoms. The molecule has 0 unspecified atom stereocenters. The molecule has 3 N–H and O–H groups in total. The molecule has 0 aliphatic heterocycles. The van der Waals surface area contributed by atoms with Crippen LogP contribution in [0.2, 0.25) is 5.02 Å². The van der Waals surface area contributed by atoms with Crippen molar-refractivity contribution >= 4 is 23.5 Å². The first kappa shape index (κ1) is 29.4. The first-order valence-electron chi connectivity index (χ1n) is 13.2. The van der Waals surface area contributed by atoms with E-state index in [1.165, 1.54) is 31.6 Å². The molecule has 2 aromatic carbocycles. The lowest BCUT2D eigenvalue weighted by Gasteiger charge is -2.21. The SMILES string of the molecule is Cc1oc(=O)oc1COC(=O)[C@@H](O)C[C@H](Cc1ccc(-c2cccc(Cl)c2)cc1)NC(=O)c1cc(-c2cnccn2)n[nH]1. The highest BCUT2D eigenvalue weighted by Gasteiger charge is 2.26. The normalized spacial score (nSPS) is 12.4. The standard InChI is InChI=1S/C30H26ClN5O7/c1-17-27(43-30(40)42-17)16-41-29(39)26(37)13-22(11-18-5-7-19(8-6-18)20-3-2-4-21(31)12-20)34-28(38)24-14-23(35-36-24)25-15-32-9-10-33-25/h2-10,12,14-15,22,26,37H,11,13,16H2,1H3,(H,34,38)(H,35,36)/t22-,26-/m0/s1. The molecule has 1 amide bonds. The number of H-pyrrole nitrogens is 1. The van der Waals surface area contributed by atoms with Crippen LogP contribution in [0.5, 0.6) is 0 Å². The Balaban J connectivity index is 1.30. The lowest BCUT2D eigenvalue weighted by atomic mass is 9.97. The quantitative estimate of drug-likeness (QED) is 0.188. The maximum atomic E-state index is 13.2. The van der Waals surface area contributed by atoms with Crippen molar-refractivity contribution in [1.82, 2.24) is 25.5 Å². The van der Waals surface area contributed by atoms with Crippen LogP contribution in [0.4, 0.5) is 0 Å². The van der Waals surface area contributed by atoms with Crippen molar-refractivity contribution in [2.75, 3.05) is 0 Å². The van der Waals surface area contributed by atoms with E-state index in [2.05, 4.69) is 25.5 Å². The molecule has 0 saturated heterocycles. The molecular formula is C30H26ClN5O7. The number of aryl methyl sites for hydroxylation is 1. The molecular weight excluding hydrogens is 578 g/mol.